The Labute approximate surface area is 109 Å². The van der Waals surface area contributed by atoms with Gasteiger partial charge in [0, 0.05) is 25.7 Å². The minimum atomic E-state index is -0.865. The molecule has 106 valence electrons. The van der Waals surface area contributed by atoms with E-state index in [0.29, 0.717) is 6.42 Å². The average molecular weight is 258 g/mol. The lowest BCUT2D eigenvalue weighted by Gasteiger charge is -2.34. The van der Waals surface area contributed by atoms with Crippen molar-refractivity contribution in [3.05, 3.63) is 0 Å². The van der Waals surface area contributed by atoms with E-state index in [4.69, 9.17) is 4.74 Å². The lowest BCUT2D eigenvalue weighted by molar-refractivity contribution is -0.144. The number of likely N-dealkylation sites (N-methyl/N-ethyl adjacent to an activating group) is 1. The molecule has 1 fully saturated rings. The van der Waals surface area contributed by atoms with E-state index < -0.39 is 11.5 Å². The highest BCUT2D eigenvalue weighted by Gasteiger charge is 2.35. The molecular weight excluding hydrogens is 232 g/mol. The Bertz CT molecular complexity index is 285. The molecule has 0 spiro atoms. The van der Waals surface area contributed by atoms with E-state index >= 15 is 0 Å². The second-order valence-electron chi connectivity index (χ2n) is 5.47. The summed E-state index contributed by atoms with van der Waals surface area (Å²) in [6.45, 7) is 8.55. The first-order valence-electron chi connectivity index (χ1n) is 6.67. The quantitative estimate of drug-likeness (QED) is 0.768. The van der Waals surface area contributed by atoms with Gasteiger partial charge >= 0.3 is 5.97 Å². The third-order valence-electron chi connectivity index (χ3n) is 3.83. The second-order valence-corrected chi connectivity index (χ2v) is 5.47. The molecule has 2 N–H and O–H groups in total. The van der Waals surface area contributed by atoms with Crippen molar-refractivity contribution in [3.8, 4) is 0 Å². The fourth-order valence-electron chi connectivity index (χ4n) is 2.44. The van der Waals surface area contributed by atoms with Crippen LogP contribution in [-0.4, -0.2) is 60.4 Å². The Balaban J connectivity index is 2.62. The zero-order valence-corrected chi connectivity index (χ0v) is 11.9. The van der Waals surface area contributed by atoms with Crippen LogP contribution in [0.5, 0.6) is 0 Å². The molecule has 0 aliphatic carbocycles. The maximum atomic E-state index is 11.3. The Morgan fingerprint density at radius 2 is 2.33 bits per heavy atom. The van der Waals surface area contributed by atoms with Crippen LogP contribution in [0, 0.1) is 0 Å². The van der Waals surface area contributed by atoms with Gasteiger partial charge in [-0.15, -0.1) is 0 Å². The molecule has 0 amide bonds. The highest BCUT2D eigenvalue weighted by atomic mass is 16.5. The van der Waals surface area contributed by atoms with Crippen molar-refractivity contribution in [1.29, 1.82) is 0 Å². The summed E-state index contributed by atoms with van der Waals surface area (Å²) >= 11 is 0. The predicted octanol–water partition coefficient (Wildman–Crippen LogP) is 0.939. The summed E-state index contributed by atoms with van der Waals surface area (Å²) in [5, 5.41) is 12.2. The molecule has 0 aromatic heterocycles. The van der Waals surface area contributed by atoms with Crippen LogP contribution >= 0.6 is 0 Å². The number of aliphatic carboxylic acids is 1. The molecule has 3 unspecified atom stereocenters. The lowest BCUT2D eigenvalue weighted by Crippen LogP contribution is -2.52. The molecule has 3 atom stereocenters. The van der Waals surface area contributed by atoms with Crippen molar-refractivity contribution in [2.45, 2.75) is 51.3 Å². The predicted molar refractivity (Wildman–Crippen MR) is 70.8 cm³/mol. The molecule has 1 saturated heterocycles. The topological polar surface area (TPSA) is 61.8 Å². The monoisotopic (exact) mass is 258 g/mol. The third-order valence-corrected chi connectivity index (χ3v) is 3.83. The van der Waals surface area contributed by atoms with E-state index in [1.54, 1.807) is 14.0 Å². The molecule has 1 heterocycles. The van der Waals surface area contributed by atoms with Gasteiger partial charge in [0.1, 0.15) is 5.54 Å². The van der Waals surface area contributed by atoms with E-state index in [1.807, 2.05) is 0 Å². The van der Waals surface area contributed by atoms with Gasteiger partial charge < -0.3 is 15.2 Å². The maximum Gasteiger partial charge on any atom is 0.323 e. The molecule has 1 rings (SSSR count). The van der Waals surface area contributed by atoms with Crippen LogP contribution in [0.4, 0.5) is 0 Å². The SMILES string of the molecule is CNC(C)(CC(C)N1CCCOC(C)C1)C(=O)O. The van der Waals surface area contributed by atoms with Crippen molar-refractivity contribution in [3.63, 3.8) is 0 Å². The Morgan fingerprint density at radius 3 is 2.89 bits per heavy atom. The number of ether oxygens (including phenoxy) is 1. The summed E-state index contributed by atoms with van der Waals surface area (Å²) in [6.07, 6.45) is 1.82. The number of carbonyl (C=O) groups is 1. The number of hydrogen-bond acceptors (Lipinski definition) is 4. The zero-order chi connectivity index (χ0) is 13.8. The van der Waals surface area contributed by atoms with E-state index in [2.05, 4.69) is 24.1 Å². The van der Waals surface area contributed by atoms with Gasteiger partial charge in [-0.1, -0.05) is 0 Å². The Hall–Kier alpha value is -0.650. The van der Waals surface area contributed by atoms with Crippen molar-refractivity contribution in [1.82, 2.24) is 10.2 Å². The van der Waals surface area contributed by atoms with Gasteiger partial charge in [-0.2, -0.15) is 0 Å². The fourth-order valence-corrected chi connectivity index (χ4v) is 2.44. The number of rotatable bonds is 5. The van der Waals surface area contributed by atoms with Gasteiger partial charge in [0.25, 0.3) is 0 Å². The molecule has 5 heteroatoms. The summed E-state index contributed by atoms with van der Waals surface area (Å²) in [7, 11) is 1.70. The first kappa shape index (κ1) is 15.4. The highest BCUT2D eigenvalue weighted by molar-refractivity contribution is 5.78. The molecule has 5 nitrogen and oxygen atoms in total. The summed E-state index contributed by atoms with van der Waals surface area (Å²) in [4.78, 5) is 13.6. The molecule has 18 heavy (non-hydrogen) atoms. The van der Waals surface area contributed by atoms with Crippen LogP contribution in [-0.2, 0) is 9.53 Å². The lowest BCUT2D eigenvalue weighted by atomic mass is 9.93. The largest absolute Gasteiger partial charge is 0.480 e. The van der Waals surface area contributed by atoms with Gasteiger partial charge in [-0.3, -0.25) is 9.69 Å². The summed E-state index contributed by atoms with van der Waals surface area (Å²) in [6, 6.07) is 0.225. The van der Waals surface area contributed by atoms with E-state index in [1.165, 1.54) is 0 Å². The van der Waals surface area contributed by atoms with Gasteiger partial charge in [0.15, 0.2) is 0 Å². The molecular formula is C13H26N2O3. The molecule has 0 aromatic rings. The number of carboxylic acids is 1. The molecule has 0 radical (unpaired) electrons. The van der Waals surface area contributed by atoms with Crippen LogP contribution in [0.2, 0.25) is 0 Å². The van der Waals surface area contributed by atoms with Crippen LogP contribution < -0.4 is 5.32 Å². The smallest absolute Gasteiger partial charge is 0.323 e. The van der Waals surface area contributed by atoms with Gasteiger partial charge in [-0.25, -0.2) is 0 Å². The van der Waals surface area contributed by atoms with E-state index in [-0.39, 0.29) is 12.1 Å². The molecule has 1 aliphatic heterocycles. The standard InChI is InChI=1S/C13H26N2O3/c1-10(8-13(3,14-4)12(16)17)15-6-5-7-18-11(2)9-15/h10-11,14H,5-9H2,1-4H3,(H,16,17). The van der Waals surface area contributed by atoms with E-state index in [0.717, 1.165) is 26.1 Å². The zero-order valence-electron chi connectivity index (χ0n) is 11.9. The van der Waals surface area contributed by atoms with Crippen molar-refractivity contribution in [2.75, 3.05) is 26.7 Å². The van der Waals surface area contributed by atoms with Crippen LogP contribution in [0.25, 0.3) is 0 Å². The highest BCUT2D eigenvalue weighted by Crippen LogP contribution is 2.18. The first-order chi connectivity index (χ1) is 8.39. The summed E-state index contributed by atoms with van der Waals surface area (Å²) in [5.41, 5.74) is -0.865. The van der Waals surface area contributed by atoms with Gasteiger partial charge in [-0.05, 0) is 40.7 Å². The number of nitrogens with zero attached hydrogens (tertiary/aromatic N) is 1. The molecule has 0 aromatic carbocycles. The molecule has 0 bridgehead atoms. The third kappa shape index (κ3) is 3.93. The van der Waals surface area contributed by atoms with Gasteiger partial charge in [0.05, 0.1) is 6.10 Å². The Morgan fingerprint density at radius 1 is 1.67 bits per heavy atom. The van der Waals surface area contributed by atoms with Crippen LogP contribution in [0.15, 0.2) is 0 Å². The van der Waals surface area contributed by atoms with Gasteiger partial charge in [0.2, 0.25) is 0 Å². The van der Waals surface area contributed by atoms with Crippen molar-refractivity contribution < 1.29 is 14.6 Å². The minimum absolute atomic E-state index is 0.223. The Kier molecular flexibility index (Phi) is 5.56. The number of nitrogens with one attached hydrogen (secondary N) is 1. The van der Waals surface area contributed by atoms with Crippen molar-refractivity contribution >= 4 is 5.97 Å². The fraction of sp³-hybridized carbons (Fsp3) is 0.923. The summed E-state index contributed by atoms with van der Waals surface area (Å²) in [5.74, 6) is -0.795. The van der Waals surface area contributed by atoms with Crippen LogP contribution in [0.1, 0.15) is 33.6 Å². The normalized spacial score (nSPS) is 27.2. The first-order valence-corrected chi connectivity index (χ1v) is 6.67. The van der Waals surface area contributed by atoms with Crippen LogP contribution in [0.3, 0.4) is 0 Å². The molecule has 0 saturated carbocycles. The van der Waals surface area contributed by atoms with E-state index in [9.17, 15) is 9.90 Å². The second kappa shape index (κ2) is 6.50. The van der Waals surface area contributed by atoms with Crippen molar-refractivity contribution in [2.24, 2.45) is 0 Å². The molecule has 1 aliphatic rings. The minimum Gasteiger partial charge on any atom is -0.480 e. The number of hydrogen-bond donors (Lipinski definition) is 2. The maximum absolute atomic E-state index is 11.3. The summed E-state index contributed by atoms with van der Waals surface area (Å²) < 4.78 is 5.61. The average Bonchev–Trinajstić information content (AvgIpc) is 2.53. The number of carboxylic acid groups (broad SMARTS) is 1.